The van der Waals surface area contributed by atoms with E-state index < -0.39 is 11.9 Å². The van der Waals surface area contributed by atoms with E-state index in [9.17, 15) is 9.59 Å². The zero-order valence-corrected chi connectivity index (χ0v) is 13.5. The van der Waals surface area contributed by atoms with E-state index in [0.717, 1.165) is 15.2 Å². The molecule has 0 aliphatic rings. The first-order valence-corrected chi connectivity index (χ1v) is 7.47. The number of nitrogens with one attached hydrogen (secondary N) is 1. The first-order valence-electron chi connectivity index (χ1n) is 6.68. The van der Waals surface area contributed by atoms with Gasteiger partial charge in [0.1, 0.15) is 6.04 Å². The van der Waals surface area contributed by atoms with Crippen LogP contribution in [0.15, 0.2) is 40.9 Å². The van der Waals surface area contributed by atoms with Gasteiger partial charge in [-0.1, -0.05) is 41.9 Å². The Hall–Kier alpha value is -1.88. The van der Waals surface area contributed by atoms with Gasteiger partial charge in [-0.25, -0.2) is 0 Å². The highest BCUT2D eigenvalue weighted by atomic mass is 79.9. The Bertz CT molecular complexity index is 698. The summed E-state index contributed by atoms with van der Waals surface area (Å²) in [7, 11) is 0. The van der Waals surface area contributed by atoms with E-state index in [2.05, 4.69) is 21.2 Å². The Morgan fingerprint density at radius 3 is 2.33 bits per heavy atom. The zero-order chi connectivity index (χ0) is 15.6. The third kappa shape index (κ3) is 3.61. The smallest absolute Gasteiger partial charge is 0.251 e. The Morgan fingerprint density at radius 2 is 1.71 bits per heavy atom. The number of fused-ring (bicyclic) bond motifs is 1. The molecule has 0 saturated carbocycles. The second-order valence-electron chi connectivity index (χ2n) is 5.30. The normalized spacial score (nSPS) is 12.4. The number of hydrogen-bond acceptors (Lipinski definition) is 2. The van der Waals surface area contributed by atoms with E-state index >= 15 is 0 Å². The molecule has 4 nitrogen and oxygen atoms in total. The number of carbonyl (C=O) groups is 2. The first kappa shape index (κ1) is 15.5. The SMILES string of the molecule is CC(C)C(NC(=O)c1ccc2cc(Br)ccc2c1)C(N)=O. The van der Waals surface area contributed by atoms with Crippen LogP contribution in [0.3, 0.4) is 0 Å². The minimum atomic E-state index is -0.668. The summed E-state index contributed by atoms with van der Waals surface area (Å²) in [5.74, 6) is -0.872. The summed E-state index contributed by atoms with van der Waals surface area (Å²) in [5, 5.41) is 4.69. The fourth-order valence-corrected chi connectivity index (χ4v) is 2.53. The van der Waals surface area contributed by atoms with Crippen LogP contribution in [-0.4, -0.2) is 17.9 Å². The van der Waals surface area contributed by atoms with Gasteiger partial charge in [0.15, 0.2) is 0 Å². The van der Waals surface area contributed by atoms with Crippen LogP contribution in [-0.2, 0) is 4.79 Å². The highest BCUT2D eigenvalue weighted by Gasteiger charge is 2.22. The molecular formula is C16H17BrN2O2. The number of nitrogens with two attached hydrogens (primary N) is 1. The van der Waals surface area contributed by atoms with Crippen molar-refractivity contribution in [2.24, 2.45) is 11.7 Å². The molecule has 0 heterocycles. The minimum absolute atomic E-state index is 0.0529. The Morgan fingerprint density at radius 1 is 1.10 bits per heavy atom. The average molecular weight is 349 g/mol. The zero-order valence-electron chi connectivity index (χ0n) is 11.9. The molecule has 2 aromatic carbocycles. The van der Waals surface area contributed by atoms with Gasteiger partial charge < -0.3 is 11.1 Å². The van der Waals surface area contributed by atoms with E-state index in [1.54, 1.807) is 12.1 Å². The minimum Gasteiger partial charge on any atom is -0.368 e. The van der Waals surface area contributed by atoms with Gasteiger partial charge >= 0.3 is 0 Å². The highest BCUT2D eigenvalue weighted by molar-refractivity contribution is 9.10. The monoisotopic (exact) mass is 348 g/mol. The second-order valence-corrected chi connectivity index (χ2v) is 6.22. The maximum atomic E-state index is 12.2. The van der Waals surface area contributed by atoms with Crippen LogP contribution in [0, 0.1) is 5.92 Å². The van der Waals surface area contributed by atoms with Crippen molar-refractivity contribution >= 4 is 38.5 Å². The van der Waals surface area contributed by atoms with E-state index in [1.165, 1.54) is 0 Å². The van der Waals surface area contributed by atoms with Gasteiger partial charge in [-0.15, -0.1) is 0 Å². The van der Waals surface area contributed by atoms with Crippen molar-refractivity contribution in [1.82, 2.24) is 5.32 Å². The molecule has 0 bridgehead atoms. The summed E-state index contributed by atoms with van der Waals surface area (Å²) >= 11 is 3.41. The third-order valence-corrected chi connectivity index (χ3v) is 3.82. The lowest BCUT2D eigenvalue weighted by Crippen LogP contribution is -2.47. The summed E-state index contributed by atoms with van der Waals surface area (Å²) in [5.41, 5.74) is 5.82. The van der Waals surface area contributed by atoms with Crippen LogP contribution in [0.25, 0.3) is 10.8 Å². The number of halogens is 1. The number of carbonyl (C=O) groups excluding carboxylic acids is 2. The number of rotatable bonds is 4. The fourth-order valence-electron chi connectivity index (χ4n) is 2.15. The molecule has 21 heavy (non-hydrogen) atoms. The molecule has 0 aliphatic carbocycles. The summed E-state index contributed by atoms with van der Waals surface area (Å²) < 4.78 is 0.987. The van der Waals surface area contributed by atoms with E-state index in [1.807, 2.05) is 38.1 Å². The molecule has 0 saturated heterocycles. The van der Waals surface area contributed by atoms with Gasteiger partial charge in [-0.3, -0.25) is 9.59 Å². The van der Waals surface area contributed by atoms with Crippen molar-refractivity contribution in [2.75, 3.05) is 0 Å². The van der Waals surface area contributed by atoms with Crippen molar-refractivity contribution in [1.29, 1.82) is 0 Å². The highest BCUT2D eigenvalue weighted by Crippen LogP contribution is 2.21. The number of benzene rings is 2. The summed E-state index contributed by atoms with van der Waals surface area (Å²) in [6.45, 7) is 3.68. The standard InChI is InChI=1S/C16H17BrN2O2/c1-9(2)14(15(18)20)19-16(21)12-4-3-11-8-13(17)6-5-10(11)7-12/h3-9,14H,1-2H3,(H2,18,20)(H,19,21). The van der Waals surface area contributed by atoms with Gasteiger partial charge in [0, 0.05) is 10.0 Å². The van der Waals surface area contributed by atoms with Crippen LogP contribution < -0.4 is 11.1 Å². The number of amides is 2. The molecular weight excluding hydrogens is 332 g/mol. The molecule has 0 aliphatic heterocycles. The molecule has 3 N–H and O–H groups in total. The van der Waals surface area contributed by atoms with E-state index in [0.29, 0.717) is 5.56 Å². The molecule has 0 radical (unpaired) electrons. The summed E-state index contributed by atoms with van der Waals surface area (Å²) in [6, 6.07) is 10.6. The predicted octanol–water partition coefficient (Wildman–Crippen LogP) is 2.84. The second kappa shape index (κ2) is 6.26. The lowest BCUT2D eigenvalue weighted by atomic mass is 10.0. The quantitative estimate of drug-likeness (QED) is 0.891. The largest absolute Gasteiger partial charge is 0.368 e. The number of primary amides is 1. The Balaban J connectivity index is 2.27. The Labute approximate surface area is 131 Å². The average Bonchev–Trinajstić information content (AvgIpc) is 2.43. The maximum absolute atomic E-state index is 12.2. The molecule has 2 amide bonds. The van der Waals surface area contributed by atoms with Crippen molar-refractivity contribution in [3.8, 4) is 0 Å². The Kier molecular flexibility index (Phi) is 4.63. The van der Waals surface area contributed by atoms with Crippen LogP contribution in [0.4, 0.5) is 0 Å². The molecule has 2 aromatic rings. The van der Waals surface area contributed by atoms with Crippen molar-refractivity contribution < 1.29 is 9.59 Å². The van der Waals surface area contributed by atoms with Crippen LogP contribution in [0.2, 0.25) is 0 Å². The van der Waals surface area contributed by atoms with Gasteiger partial charge in [-0.2, -0.15) is 0 Å². The summed E-state index contributed by atoms with van der Waals surface area (Å²) in [6.07, 6.45) is 0. The van der Waals surface area contributed by atoms with Crippen LogP contribution >= 0.6 is 15.9 Å². The molecule has 0 spiro atoms. The molecule has 1 atom stereocenters. The maximum Gasteiger partial charge on any atom is 0.251 e. The van der Waals surface area contributed by atoms with Gasteiger partial charge in [0.05, 0.1) is 0 Å². The molecule has 1 unspecified atom stereocenters. The summed E-state index contributed by atoms with van der Waals surface area (Å²) in [4.78, 5) is 23.6. The molecule has 0 aromatic heterocycles. The lowest BCUT2D eigenvalue weighted by Gasteiger charge is -2.19. The van der Waals surface area contributed by atoms with Gasteiger partial charge in [0.25, 0.3) is 5.91 Å². The fraction of sp³-hybridized carbons (Fsp3) is 0.250. The van der Waals surface area contributed by atoms with E-state index in [4.69, 9.17) is 5.73 Å². The van der Waals surface area contributed by atoms with E-state index in [-0.39, 0.29) is 11.8 Å². The van der Waals surface area contributed by atoms with Gasteiger partial charge in [-0.05, 0) is 41.0 Å². The van der Waals surface area contributed by atoms with Crippen molar-refractivity contribution in [2.45, 2.75) is 19.9 Å². The molecule has 2 rings (SSSR count). The topological polar surface area (TPSA) is 72.2 Å². The lowest BCUT2D eigenvalue weighted by molar-refractivity contribution is -0.120. The molecule has 0 fully saturated rings. The predicted molar refractivity (Wildman–Crippen MR) is 86.9 cm³/mol. The van der Waals surface area contributed by atoms with Crippen LogP contribution in [0.5, 0.6) is 0 Å². The van der Waals surface area contributed by atoms with Crippen LogP contribution in [0.1, 0.15) is 24.2 Å². The first-order chi connectivity index (χ1) is 9.88. The third-order valence-electron chi connectivity index (χ3n) is 3.32. The molecule has 5 heteroatoms. The number of hydrogen-bond donors (Lipinski definition) is 2. The van der Waals surface area contributed by atoms with Crippen molar-refractivity contribution in [3.63, 3.8) is 0 Å². The van der Waals surface area contributed by atoms with Crippen molar-refractivity contribution in [3.05, 3.63) is 46.4 Å². The van der Waals surface area contributed by atoms with Gasteiger partial charge in [0.2, 0.25) is 5.91 Å². The molecule has 110 valence electrons.